The third kappa shape index (κ3) is 8.93. The number of carbonyl (C=O) groups is 2. The number of aliphatic hydroxyl groups is 2. The van der Waals surface area contributed by atoms with Crippen molar-refractivity contribution in [2.24, 2.45) is 0 Å². The molecule has 0 saturated heterocycles. The molecule has 2 atom stereocenters. The summed E-state index contributed by atoms with van der Waals surface area (Å²) >= 11 is 0. The first kappa shape index (κ1) is 35.3. The number of pyridine rings is 2. The Kier molecular flexibility index (Phi) is 11.6. The van der Waals surface area contributed by atoms with E-state index in [4.69, 9.17) is 4.74 Å². The first-order chi connectivity index (χ1) is 24.1. The van der Waals surface area contributed by atoms with Crippen LogP contribution in [0.15, 0.2) is 134 Å². The number of esters is 1. The fraction of sp³-hybridized carbons (Fsp3) is 0.143. The van der Waals surface area contributed by atoms with Crippen molar-refractivity contribution >= 4 is 11.9 Å². The van der Waals surface area contributed by atoms with Gasteiger partial charge in [-0.1, -0.05) is 71.8 Å². The van der Waals surface area contributed by atoms with Crippen LogP contribution in [0.3, 0.4) is 0 Å². The molecule has 0 amide bonds. The van der Waals surface area contributed by atoms with Gasteiger partial charge in [0.05, 0.1) is 29.1 Å². The number of carbonyl (C=O) groups excluding carboxylic acids is 1. The molecule has 2 heterocycles. The highest BCUT2D eigenvalue weighted by Gasteiger charge is 2.18. The van der Waals surface area contributed by atoms with E-state index in [-0.39, 0.29) is 5.56 Å². The van der Waals surface area contributed by atoms with Gasteiger partial charge >= 0.3 is 11.9 Å². The summed E-state index contributed by atoms with van der Waals surface area (Å²) in [6.07, 6.45) is 1.33. The topological polar surface area (TPSA) is 130 Å². The smallest absolute Gasteiger partial charge is 0.338 e. The Morgan fingerprint density at radius 3 is 1.44 bits per heavy atom. The fourth-order valence-electron chi connectivity index (χ4n) is 5.32. The molecule has 6 aromatic rings. The van der Waals surface area contributed by atoms with Crippen LogP contribution in [-0.2, 0) is 4.74 Å². The molecule has 0 saturated carbocycles. The van der Waals surface area contributed by atoms with Crippen LogP contribution in [-0.4, -0.2) is 43.8 Å². The van der Waals surface area contributed by atoms with E-state index in [0.717, 1.165) is 33.4 Å². The summed E-state index contributed by atoms with van der Waals surface area (Å²) in [5, 5.41) is 30.7. The lowest BCUT2D eigenvalue weighted by Crippen LogP contribution is -2.08. The number of aromatic nitrogens is 2. The number of aromatic carboxylic acids is 1. The van der Waals surface area contributed by atoms with Crippen molar-refractivity contribution in [3.8, 4) is 22.3 Å². The van der Waals surface area contributed by atoms with Gasteiger partial charge < -0.3 is 20.1 Å². The highest BCUT2D eigenvalue weighted by molar-refractivity contribution is 5.92. The zero-order valence-electron chi connectivity index (χ0n) is 28.0. The molecule has 0 fully saturated rings. The Bertz CT molecular complexity index is 2050. The van der Waals surface area contributed by atoms with Crippen LogP contribution in [0, 0.1) is 13.8 Å². The van der Waals surface area contributed by atoms with Crippen LogP contribution in [0.25, 0.3) is 22.3 Å². The molecule has 2 aromatic heterocycles. The molecule has 0 aliphatic carbocycles. The lowest BCUT2D eigenvalue weighted by atomic mass is 9.95. The monoisotopic (exact) mass is 666 g/mol. The molecule has 8 heteroatoms. The molecule has 0 spiro atoms. The third-order valence-corrected chi connectivity index (χ3v) is 8.01. The van der Waals surface area contributed by atoms with Gasteiger partial charge in [0.15, 0.2) is 0 Å². The summed E-state index contributed by atoms with van der Waals surface area (Å²) in [6.45, 7) is 6.08. The first-order valence-corrected chi connectivity index (χ1v) is 16.2. The maximum absolute atomic E-state index is 12.3. The first-order valence-electron chi connectivity index (χ1n) is 16.2. The van der Waals surface area contributed by atoms with Crippen LogP contribution < -0.4 is 0 Å². The summed E-state index contributed by atoms with van der Waals surface area (Å²) in [7, 11) is 0. The summed E-state index contributed by atoms with van der Waals surface area (Å²) in [6, 6.07) is 36.7. The SMILES string of the molecule is CCOC(=O)c1cc(-c2ccc(C)cc2)cc(C(O)c2ccccn2)c1.Cc1ccc(-c2cc(C(=O)O)cc(C(O)c3ccccn3)c2)cc1. The van der Waals surface area contributed by atoms with Crippen molar-refractivity contribution in [1.82, 2.24) is 9.97 Å². The molecular weight excluding hydrogens is 628 g/mol. The average molecular weight is 667 g/mol. The lowest BCUT2D eigenvalue weighted by Gasteiger charge is -2.14. The van der Waals surface area contributed by atoms with Crippen molar-refractivity contribution in [3.05, 3.63) is 178 Å². The Balaban J connectivity index is 0.000000195. The largest absolute Gasteiger partial charge is 0.478 e. The number of hydrogen-bond donors (Lipinski definition) is 3. The molecule has 50 heavy (non-hydrogen) atoms. The molecule has 0 aliphatic rings. The normalized spacial score (nSPS) is 11.9. The van der Waals surface area contributed by atoms with Crippen LogP contribution in [0.1, 0.15) is 73.5 Å². The standard InChI is InChI=1S/C22H21NO3.C20H17NO3/c1-3-26-22(25)19-13-17(16-9-7-15(2)8-10-16)12-18(14-19)21(24)20-6-4-5-11-23-20;1-13-5-7-14(8-6-13)15-10-16(12-17(11-15)20(23)24)19(22)18-4-2-3-9-21-18/h4-14,21,24H,3H2,1-2H3;2-12,19,22H,1H3,(H,23,24). The summed E-state index contributed by atoms with van der Waals surface area (Å²) in [5.74, 6) is -1.44. The molecule has 6 rings (SSSR count). The van der Waals surface area contributed by atoms with Crippen LogP contribution in [0.5, 0.6) is 0 Å². The van der Waals surface area contributed by atoms with Gasteiger partial charge in [0.25, 0.3) is 0 Å². The van der Waals surface area contributed by atoms with Gasteiger partial charge in [-0.15, -0.1) is 0 Å². The summed E-state index contributed by atoms with van der Waals surface area (Å²) < 4.78 is 5.14. The maximum atomic E-state index is 12.3. The molecule has 4 aromatic carbocycles. The highest BCUT2D eigenvalue weighted by Crippen LogP contribution is 2.30. The van der Waals surface area contributed by atoms with Gasteiger partial charge in [-0.3, -0.25) is 9.97 Å². The molecule has 2 unspecified atom stereocenters. The van der Waals surface area contributed by atoms with Crippen molar-refractivity contribution in [1.29, 1.82) is 0 Å². The van der Waals surface area contributed by atoms with Gasteiger partial charge in [-0.05, 0) is 115 Å². The van der Waals surface area contributed by atoms with Gasteiger partial charge in [0.2, 0.25) is 0 Å². The minimum absolute atomic E-state index is 0.137. The van der Waals surface area contributed by atoms with Gasteiger partial charge in [0, 0.05) is 12.4 Å². The molecule has 3 N–H and O–H groups in total. The number of ether oxygens (including phenoxy) is 1. The van der Waals surface area contributed by atoms with E-state index in [9.17, 15) is 24.9 Å². The van der Waals surface area contributed by atoms with Crippen molar-refractivity contribution in [2.45, 2.75) is 33.0 Å². The van der Waals surface area contributed by atoms with E-state index in [1.54, 1.807) is 73.9 Å². The predicted octanol–water partition coefficient (Wildman–Crippen LogP) is 8.15. The lowest BCUT2D eigenvalue weighted by molar-refractivity contribution is 0.0525. The number of carboxylic acid groups (broad SMARTS) is 1. The number of carboxylic acids is 1. The zero-order valence-corrected chi connectivity index (χ0v) is 28.0. The fourth-order valence-corrected chi connectivity index (χ4v) is 5.32. The highest BCUT2D eigenvalue weighted by atomic mass is 16.5. The second-order valence-corrected chi connectivity index (χ2v) is 11.8. The number of hydrogen-bond acceptors (Lipinski definition) is 7. The van der Waals surface area contributed by atoms with E-state index < -0.39 is 24.1 Å². The Morgan fingerprint density at radius 2 is 1.04 bits per heavy atom. The van der Waals surface area contributed by atoms with Crippen molar-refractivity contribution < 1.29 is 29.6 Å². The predicted molar refractivity (Wildman–Crippen MR) is 193 cm³/mol. The van der Waals surface area contributed by atoms with Crippen molar-refractivity contribution in [3.63, 3.8) is 0 Å². The van der Waals surface area contributed by atoms with Gasteiger partial charge in [-0.2, -0.15) is 0 Å². The minimum Gasteiger partial charge on any atom is -0.478 e. The molecule has 0 aliphatic heterocycles. The molecule has 252 valence electrons. The minimum atomic E-state index is -1.03. The van der Waals surface area contributed by atoms with Crippen molar-refractivity contribution in [2.75, 3.05) is 6.61 Å². The summed E-state index contributed by atoms with van der Waals surface area (Å²) in [5.41, 5.74) is 8.42. The van der Waals surface area contributed by atoms with E-state index in [1.165, 1.54) is 6.07 Å². The molecular formula is C42H38N2O6. The molecule has 8 nitrogen and oxygen atoms in total. The van der Waals surface area contributed by atoms with Crippen LogP contribution >= 0.6 is 0 Å². The third-order valence-electron chi connectivity index (χ3n) is 8.01. The molecule has 0 bridgehead atoms. The van der Waals surface area contributed by atoms with E-state index in [1.807, 2.05) is 74.5 Å². The number of aliphatic hydroxyl groups excluding tert-OH is 2. The number of aryl methyl sites for hydroxylation is 2. The molecule has 0 radical (unpaired) electrons. The number of rotatable bonds is 9. The quantitative estimate of drug-likeness (QED) is 0.132. The van der Waals surface area contributed by atoms with Crippen LogP contribution in [0.2, 0.25) is 0 Å². The Morgan fingerprint density at radius 1 is 0.600 bits per heavy atom. The second kappa shape index (κ2) is 16.4. The van der Waals surface area contributed by atoms with E-state index in [2.05, 4.69) is 9.97 Å². The van der Waals surface area contributed by atoms with Gasteiger partial charge in [0.1, 0.15) is 12.2 Å². The average Bonchev–Trinajstić information content (AvgIpc) is 3.15. The number of benzene rings is 4. The Labute approximate surface area is 291 Å². The second-order valence-electron chi connectivity index (χ2n) is 11.8. The number of nitrogens with zero attached hydrogens (tertiary/aromatic N) is 2. The Hall–Kier alpha value is -5.96. The van der Waals surface area contributed by atoms with Gasteiger partial charge in [-0.25, -0.2) is 9.59 Å². The van der Waals surface area contributed by atoms with E-state index >= 15 is 0 Å². The summed E-state index contributed by atoms with van der Waals surface area (Å²) in [4.78, 5) is 32.1. The van der Waals surface area contributed by atoms with E-state index in [0.29, 0.717) is 34.7 Å². The van der Waals surface area contributed by atoms with Crippen LogP contribution in [0.4, 0.5) is 0 Å². The maximum Gasteiger partial charge on any atom is 0.338 e. The zero-order chi connectivity index (χ0) is 35.6.